The number of ketones is 1. The van der Waals surface area contributed by atoms with E-state index in [1.54, 1.807) is 36.4 Å². The molecular formula is C46H59ClN6O9S2. The van der Waals surface area contributed by atoms with Crippen LogP contribution in [-0.2, 0) is 47.4 Å². The average molecular weight is 940 g/mol. The molecule has 0 amide bonds. The zero-order valence-corrected chi connectivity index (χ0v) is 38.9. The zero-order chi connectivity index (χ0) is 44.8. The fourth-order valence-electron chi connectivity index (χ4n) is 7.72. The van der Waals surface area contributed by atoms with Gasteiger partial charge in [-0.1, -0.05) is 42.8 Å². The molecule has 0 unspecified atom stereocenters. The summed E-state index contributed by atoms with van der Waals surface area (Å²) in [4.78, 5) is 44.1. The van der Waals surface area contributed by atoms with Gasteiger partial charge in [0, 0.05) is 31.3 Å². The average Bonchev–Trinajstić information content (AvgIpc) is 3.30. The van der Waals surface area contributed by atoms with Gasteiger partial charge < -0.3 is 19.7 Å². The SMILES string of the molecule is COC(=O)c1ccc(CN(c2ccccc2)S(=O)(=O)C2CCN(C3CCC3)CC2)nc1.COC(=O)c1ccc(CN(c2ccccc2)S(=O)(=O)C2CCNCC2)nc1.Cl.O=C1CCC1. The second kappa shape index (κ2) is 23.8. The minimum atomic E-state index is -3.57. The van der Waals surface area contributed by atoms with Crippen LogP contribution in [0.3, 0.4) is 0 Å². The Kier molecular flexibility index (Phi) is 18.6. The maximum absolute atomic E-state index is 13.7. The number of rotatable bonds is 13. The molecule has 18 heteroatoms. The fourth-order valence-corrected chi connectivity index (χ4v) is 11.5. The van der Waals surface area contributed by atoms with E-state index in [-0.39, 0.29) is 25.5 Å². The standard InChI is InChI=1S/C23H29N3O4S.C19H23N3O4S.C4H6O.ClH/c1-30-23(27)18-10-11-19(24-16-18)17-26(21-6-3-2-4-7-21)31(28,29)22-12-14-25(15-13-22)20-8-5-9-20;1-26-19(23)15-7-8-16(21-13-15)14-22(17-5-3-2-4-6-17)27(24,25)18-9-11-20-12-10-18;5-4-2-1-3-4;/h2-4,6-7,10-11,16,20,22H,5,8-9,12-15,17H2,1H3;2-8,13,18,20H,9-12,14H2,1H3;1-3H2;1H. The van der Waals surface area contributed by atoms with Gasteiger partial charge >= 0.3 is 11.9 Å². The van der Waals surface area contributed by atoms with Gasteiger partial charge in [-0.25, -0.2) is 26.4 Å². The first-order valence-corrected chi connectivity index (χ1v) is 24.6. The molecule has 64 heavy (non-hydrogen) atoms. The highest BCUT2D eigenvalue weighted by Crippen LogP contribution is 2.32. The summed E-state index contributed by atoms with van der Waals surface area (Å²) in [7, 11) is -4.49. The summed E-state index contributed by atoms with van der Waals surface area (Å²) in [5, 5.41) is 2.37. The maximum atomic E-state index is 13.7. The number of likely N-dealkylation sites (tertiary alicyclic amines) is 1. The first-order chi connectivity index (χ1) is 30.4. The van der Waals surface area contributed by atoms with Crippen LogP contribution in [0.1, 0.15) is 96.3 Å². The molecule has 0 radical (unpaired) electrons. The van der Waals surface area contributed by atoms with E-state index >= 15 is 0 Å². The van der Waals surface area contributed by atoms with Gasteiger partial charge in [0.2, 0.25) is 20.0 Å². The first kappa shape index (κ1) is 50.1. The van der Waals surface area contributed by atoms with Crippen LogP contribution in [0.4, 0.5) is 11.4 Å². The van der Waals surface area contributed by atoms with Gasteiger partial charge in [0.15, 0.2) is 0 Å². The van der Waals surface area contributed by atoms with E-state index in [4.69, 9.17) is 4.74 Å². The van der Waals surface area contributed by atoms with E-state index in [0.717, 1.165) is 32.4 Å². The third-order valence-corrected chi connectivity index (χ3v) is 16.4. The lowest BCUT2D eigenvalue weighted by Crippen LogP contribution is -2.49. The van der Waals surface area contributed by atoms with Crippen molar-refractivity contribution in [1.29, 1.82) is 0 Å². The van der Waals surface area contributed by atoms with E-state index < -0.39 is 42.5 Å². The quantitative estimate of drug-likeness (QED) is 0.147. The molecule has 2 saturated carbocycles. The molecule has 346 valence electrons. The number of pyridine rings is 2. The smallest absolute Gasteiger partial charge is 0.339 e. The molecule has 0 spiro atoms. The Balaban J connectivity index is 0.000000215. The molecule has 2 aromatic carbocycles. The second-order valence-corrected chi connectivity index (χ2v) is 20.3. The number of anilines is 2. The van der Waals surface area contributed by atoms with Crippen molar-refractivity contribution in [2.24, 2.45) is 0 Å². The minimum Gasteiger partial charge on any atom is -0.465 e. The number of hydrogen-bond acceptors (Lipinski definition) is 13. The normalized spacial score (nSPS) is 17.1. The lowest BCUT2D eigenvalue weighted by Gasteiger charge is -2.42. The van der Waals surface area contributed by atoms with Crippen molar-refractivity contribution in [2.75, 3.05) is 49.0 Å². The summed E-state index contributed by atoms with van der Waals surface area (Å²) < 4.78 is 66.2. The highest BCUT2D eigenvalue weighted by molar-refractivity contribution is 7.93. The lowest BCUT2D eigenvalue weighted by molar-refractivity contribution is -0.123. The maximum Gasteiger partial charge on any atom is 0.339 e. The molecule has 2 aliphatic heterocycles. The van der Waals surface area contributed by atoms with Crippen LogP contribution >= 0.6 is 12.4 Å². The predicted octanol–water partition coefficient (Wildman–Crippen LogP) is 6.34. The number of piperidine rings is 2. The topological polar surface area (TPSA) is 185 Å². The predicted molar refractivity (Wildman–Crippen MR) is 248 cm³/mol. The van der Waals surface area contributed by atoms with Crippen molar-refractivity contribution in [3.63, 3.8) is 0 Å². The Morgan fingerprint density at radius 3 is 1.39 bits per heavy atom. The van der Waals surface area contributed by atoms with Crippen LogP contribution in [0.15, 0.2) is 97.3 Å². The molecule has 4 fully saturated rings. The molecule has 2 aliphatic carbocycles. The molecule has 0 atom stereocenters. The number of Topliss-reactive ketones (excluding diaryl/α,β-unsaturated/α-hetero) is 1. The van der Waals surface area contributed by atoms with Gasteiger partial charge in [-0.2, -0.15) is 0 Å². The summed E-state index contributed by atoms with van der Waals surface area (Å²) in [5.74, 6) is -0.508. The van der Waals surface area contributed by atoms with Gasteiger partial charge in [-0.05, 0) is 120 Å². The summed E-state index contributed by atoms with van der Waals surface area (Å²) in [6, 6.07) is 25.4. The number of benzene rings is 2. The first-order valence-electron chi connectivity index (χ1n) is 21.6. The Morgan fingerprint density at radius 2 is 1.06 bits per heavy atom. The van der Waals surface area contributed by atoms with E-state index in [0.29, 0.717) is 84.5 Å². The highest BCUT2D eigenvalue weighted by atomic mass is 35.5. The van der Waals surface area contributed by atoms with Gasteiger partial charge in [0.05, 0.1) is 71.7 Å². The Hall–Kier alpha value is -4.94. The van der Waals surface area contributed by atoms with Gasteiger partial charge in [0.25, 0.3) is 0 Å². The molecule has 15 nitrogen and oxygen atoms in total. The Labute approximate surface area is 383 Å². The summed E-state index contributed by atoms with van der Waals surface area (Å²) in [5.41, 5.74) is 3.03. The lowest BCUT2D eigenvalue weighted by atomic mass is 9.90. The molecule has 8 rings (SSSR count). The summed E-state index contributed by atoms with van der Waals surface area (Å²) >= 11 is 0. The number of nitrogens with zero attached hydrogens (tertiary/aromatic N) is 5. The van der Waals surface area contributed by atoms with Crippen molar-refractivity contribution >= 4 is 61.6 Å². The monoisotopic (exact) mass is 938 g/mol. The van der Waals surface area contributed by atoms with Crippen LogP contribution in [0.2, 0.25) is 0 Å². The molecule has 0 bridgehead atoms. The van der Waals surface area contributed by atoms with Gasteiger partial charge in [-0.15, -0.1) is 12.4 Å². The number of esters is 2. The van der Waals surface area contributed by atoms with Crippen LogP contribution < -0.4 is 13.9 Å². The molecule has 2 saturated heterocycles. The van der Waals surface area contributed by atoms with Crippen molar-refractivity contribution in [3.8, 4) is 0 Å². The third kappa shape index (κ3) is 13.1. The van der Waals surface area contributed by atoms with E-state index in [1.165, 1.54) is 54.5 Å². The second-order valence-electron chi connectivity index (χ2n) is 16.0. The van der Waals surface area contributed by atoms with Crippen molar-refractivity contribution < 1.29 is 40.7 Å². The Morgan fingerprint density at radius 1 is 0.641 bits per heavy atom. The number of nitrogens with one attached hydrogen (secondary N) is 1. The van der Waals surface area contributed by atoms with Crippen LogP contribution in [0.5, 0.6) is 0 Å². The number of para-hydroxylation sites is 2. The molecule has 4 aromatic rings. The van der Waals surface area contributed by atoms with E-state index in [9.17, 15) is 31.2 Å². The highest BCUT2D eigenvalue weighted by Gasteiger charge is 2.38. The number of hydrogen-bond donors (Lipinski definition) is 1. The van der Waals surface area contributed by atoms with Crippen molar-refractivity contribution in [2.45, 2.75) is 93.8 Å². The zero-order valence-electron chi connectivity index (χ0n) is 36.4. The molecule has 4 heterocycles. The number of ether oxygens (including phenoxy) is 2. The molecule has 1 N–H and O–H groups in total. The van der Waals surface area contributed by atoms with Crippen LogP contribution in [-0.4, -0.2) is 106 Å². The molecule has 2 aromatic heterocycles. The molecule has 4 aliphatic rings. The number of halogens is 1. The fraction of sp³-hybridized carbons (Fsp3) is 0.457. The van der Waals surface area contributed by atoms with Gasteiger partial charge in [-0.3, -0.25) is 23.4 Å². The number of aromatic nitrogens is 2. The minimum absolute atomic E-state index is 0. The number of sulfonamides is 2. The van der Waals surface area contributed by atoms with E-state index in [2.05, 4.69) is 24.9 Å². The van der Waals surface area contributed by atoms with E-state index in [1.807, 2.05) is 48.5 Å². The largest absolute Gasteiger partial charge is 0.465 e. The van der Waals surface area contributed by atoms with Crippen molar-refractivity contribution in [3.05, 3.63) is 120 Å². The van der Waals surface area contributed by atoms with Crippen LogP contribution in [0, 0.1) is 0 Å². The Bertz CT molecular complexity index is 2320. The number of carbonyl (C=O) groups is 3. The summed E-state index contributed by atoms with van der Waals surface area (Å²) in [6.45, 7) is 3.29. The third-order valence-electron chi connectivity index (χ3n) is 11.9. The summed E-state index contributed by atoms with van der Waals surface area (Å²) in [6.07, 6.45) is 11.9. The number of methoxy groups -OCH3 is 2. The number of carbonyl (C=O) groups excluding carboxylic acids is 3. The van der Waals surface area contributed by atoms with Crippen LogP contribution in [0.25, 0.3) is 0 Å². The van der Waals surface area contributed by atoms with Gasteiger partial charge in [0.1, 0.15) is 5.78 Å². The van der Waals surface area contributed by atoms with Crippen molar-refractivity contribution in [1.82, 2.24) is 20.2 Å². The molecular weight excluding hydrogens is 880 g/mol.